The zero-order valence-corrected chi connectivity index (χ0v) is 9.60. The predicted octanol–water partition coefficient (Wildman–Crippen LogP) is 1.39. The van der Waals surface area contributed by atoms with E-state index >= 15 is 0 Å². The molecule has 0 aliphatic carbocycles. The molecule has 1 heterocycles. The molecule has 0 aromatic rings. The number of amides is 1. The SMILES string of the molecule is CCCCC(=O)N1CCNC(C)(C)C1. The quantitative estimate of drug-likeness (QED) is 0.743. The Morgan fingerprint density at radius 3 is 2.79 bits per heavy atom. The third-order valence-corrected chi connectivity index (χ3v) is 2.67. The monoisotopic (exact) mass is 198 g/mol. The van der Waals surface area contributed by atoms with Crippen LogP contribution in [0.15, 0.2) is 0 Å². The molecule has 1 fully saturated rings. The molecule has 0 spiro atoms. The summed E-state index contributed by atoms with van der Waals surface area (Å²) in [5.41, 5.74) is 0.0835. The predicted molar refractivity (Wildman–Crippen MR) is 58.2 cm³/mol. The topological polar surface area (TPSA) is 32.3 Å². The molecule has 0 aromatic carbocycles. The fourth-order valence-corrected chi connectivity index (χ4v) is 1.84. The fraction of sp³-hybridized carbons (Fsp3) is 0.909. The van der Waals surface area contributed by atoms with Crippen molar-refractivity contribution < 1.29 is 4.79 Å². The van der Waals surface area contributed by atoms with Crippen LogP contribution in [-0.4, -0.2) is 36.0 Å². The van der Waals surface area contributed by atoms with Crippen LogP contribution >= 0.6 is 0 Å². The maximum Gasteiger partial charge on any atom is 0.222 e. The largest absolute Gasteiger partial charge is 0.340 e. The molecule has 0 atom stereocenters. The second-order valence-corrected chi connectivity index (χ2v) is 4.73. The summed E-state index contributed by atoms with van der Waals surface area (Å²) in [6.45, 7) is 9.04. The van der Waals surface area contributed by atoms with Crippen LogP contribution < -0.4 is 5.32 Å². The van der Waals surface area contributed by atoms with E-state index in [2.05, 4.69) is 26.1 Å². The summed E-state index contributed by atoms with van der Waals surface area (Å²) in [7, 11) is 0. The molecule has 0 unspecified atom stereocenters. The van der Waals surface area contributed by atoms with E-state index in [4.69, 9.17) is 0 Å². The lowest BCUT2D eigenvalue weighted by atomic mass is 10.0. The molecule has 0 bridgehead atoms. The summed E-state index contributed by atoms with van der Waals surface area (Å²) in [5, 5.41) is 3.41. The molecule has 1 aliphatic heterocycles. The van der Waals surface area contributed by atoms with E-state index in [1.54, 1.807) is 0 Å². The van der Waals surface area contributed by atoms with Gasteiger partial charge in [0.05, 0.1) is 0 Å². The summed E-state index contributed by atoms with van der Waals surface area (Å²) in [5.74, 6) is 0.321. The van der Waals surface area contributed by atoms with E-state index in [9.17, 15) is 4.79 Å². The van der Waals surface area contributed by atoms with Gasteiger partial charge in [0.25, 0.3) is 0 Å². The zero-order valence-electron chi connectivity index (χ0n) is 9.60. The minimum atomic E-state index is 0.0835. The Balaban J connectivity index is 2.40. The highest BCUT2D eigenvalue weighted by Crippen LogP contribution is 2.12. The van der Waals surface area contributed by atoms with Gasteiger partial charge >= 0.3 is 0 Å². The molecule has 0 saturated carbocycles. The van der Waals surface area contributed by atoms with Gasteiger partial charge < -0.3 is 10.2 Å². The Kier molecular flexibility index (Phi) is 3.93. The highest BCUT2D eigenvalue weighted by Gasteiger charge is 2.27. The molecule has 1 saturated heterocycles. The molecule has 3 nitrogen and oxygen atoms in total. The number of hydrogen-bond acceptors (Lipinski definition) is 2. The first-order valence-electron chi connectivity index (χ1n) is 5.58. The normalized spacial score (nSPS) is 20.9. The van der Waals surface area contributed by atoms with Crippen molar-refractivity contribution in [2.24, 2.45) is 0 Å². The van der Waals surface area contributed by atoms with Crippen molar-refractivity contribution in [1.29, 1.82) is 0 Å². The third kappa shape index (κ3) is 3.29. The first kappa shape index (κ1) is 11.5. The van der Waals surface area contributed by atoms with Gasteiger partial charge in [0.15, 0.2) is 0 Å². The highest BCUT2D eigenvalue weighted by atomic mass is 16.2. The molecule has 1 aliphatic rings. The smallest absolute Gasteiger partial charge is 0.222 e. The number of carbonyl (C=O) groups excluding carboxylic acids is 1. The molecule has 3 heteroatoms. The van der Waals surface area contributed by atoms with Crippen LogP contribution in [0, 0.1) is 0 Å². The van der Waals surface area contributed by atoms with Crippen LogP contribution in [0.25, 0.3) is 0 Å². The van der Waals surface area contributed by atoms with Gasteiger partial charge in [-0.3, -0.25) is 4.79 Å². The van der Waals surface area contributed by atoms with E-state index in [0.717, 1.165) is 32.5 Å². The Labute approximate surface area is 86.9 Å². The minimum Gasteiger partial charge on any atom is -0.340 e. The summed E-state index contributed by atoms with van der Waals surface area (Å²) in [6.07, 6.45) is 2.83. The maximum atomic E-state index is 11.7. The highest BCUT2D eigenvalue weighted by molar-refractivity contribution is 5.76. The van der Waals surface area contributed by atoms with Crippen LogP contribution in [0.1, 0.15) is 40.0 Å². The summed E-state index contributed by atoms with van der Waals surface area (Å²) >= 11 is 0. The molecule has 14 heavy (non-hydrogen) atoms. The first-order chi connectivity index (χ1) is 6.55. The Bertz CT molecular complexity index is 201. The van der Waals surface area contributed by atoms with Crippen molar-refractivity contribution in [2.45, 2.75) is 45.6 Å². The number of nitrogens with one attached hydrogen (secondary N) is 1. The molecule has 82 valence electrons. The van der Waals surface area contributed by atoms with E-state index in [1.165, 1.54) is 0 Å². The van der Waals surface area contributed by atoms with Crippen LogP contribution in [0.5, 0.6) is 0 Å². The third-order valence-electron chi connectivity index (χ3n) is 2.67. The van der Waals surface area contributed by atoms with Crippen molar-refractivity contribution in [3.8, 4) is 0 Å². The van der Waals surface area contributed by atoms with Crippen molar-refractivity contribution in [2.75, 3.05) is 19.6 Å². The van der Waals surface area contributed by atoms with Gasteiger partial charge in [0.2, 0.25) is 5.91 Å². The molecular formula is C11H22N2O. The molecular weight excluding hydrogens is 176 g/mol. The number of hydrogen-bond donors (Lipinski definition) is 1. The summed E-state index contributed by atoms with van der Waals surface area (Å²) in [4.78, 5) is 13.7. The van der Waals surface area contributed by atoms with Gasteiger partial charge in [-0.25, -0.2) is 0 Å². The molecule has 0 radical (unpaired) electrons. The Morgan fingerprint density at radius 2 is 2.21 bits per heavy atom. The summed E-state index contributed by atoms with van der Waals surface area (Å²) in [6, 6.07) is 0. The van der Waals surface area contributed by atoms with Crippen molar-refractivity contribution in [3.63, 3.8) is 0 Å². The Hall–Kier alpha value is -0.570. The average Bonchev–Trinajstić information content (AvgIpc) is 2.12. The first-order valence-corrected chi connectivity index (χ1v) is 5.58. The average molecular weight is 198 g/mol. The van der Waals surface area contributed by atoms with Crippen molar-refractivity contribution in [1.82, 2.24) is 10.2 Å². The number of carbonyl (C=O) groups is 1. The minimum absolute atomic E-state index is 0.0835. The van der Waals surface area contributed by atoms with Gasteiger partial charge in [-0.2, -0.15) is 0 Å². The van der Waals surface area contributed by atoms with Crippen molar-refractivity contribution in [3.05, 3.63) is 0 Å². The van der Waals surface area contributed by atoms with E-state index in [0.29, 0.717) is 12.3 Å². The van der Waals surface area contributed by atoms with Gasteiger partial charge in [0, 0.05) is 31.6 Å². The van der Waals surface area contributed by atoms with Gasteiger partial charge in [-0.05, 0) is 20.3 Å². The molecule has 0 aromatic heterocycles. The lowest BCUT2D eigenvalue weighted by Gasteiger charge is -2.39. The maximum absolute atomic E-state index is 11.7. The van der Waals surface area contributed by atoms with E-state index < -0.39 is 0 Å². The summed E-state index contributed by atoms with van der Waals surface area (Å²) < 4.78 is 0. The lowest BCUT2D eigenvalue weighted by molar-refractivity contribution is -0.133. The fourth-order valence-electron chi connectivity index (χ4n) is 1.84. The lowest BCUT2D eigenvalue weighted by Crippen LogP contribution is -2.58. The van der Waals surface area contributed by atoms with Crippen LogP contribution in [-0.2, 0) is 4.79 Å². The number of unbranched alkanes of at least 4 members (excludes halogenated alkanes) is 1. The number of piperazine rings is 1. The zero-order chi connectivity index (χ0) is 10.6. The van der Waals surface area contributed by atoms with Gasteiger partial charge in [0.1, 0.15) is 0 Å². The second-order valence-electron chi connectivity index (χ2n) is 4.73. The van der Waals surface area contributed by atoms with Crippen LogP contribution in [0.3, 0.4) is 0 Å². The second kappa shape index (κ2) is 4.78. The number of nitrogens with zero attached hydrogens (tertiary/aromatic N) is 1. The number of rotatable bonds is 3. The Morgan fingerprint density at radius 1 is 1.50 bits per heavy atom. The van der Waals surface area contributed by atoms with E-state index in [1.807, 2.05) is 4.90 Å². The van der Waals surface area contributed by atoms with Crippen molar-refractivity contribution >= 4 is 5.91 Å². The van der Waals surface area contributed by atoms with E-state index in [-0.39, 0.29) is 5.54 Å². The molecule has 1 amide bonds. The molecule has 1 rings (SSSR count). The van der Waals surface area contributed by atoms with Crippen LogP contribution in [0.2, 0.25) is 0 Å². The van der Waals surface area contributed by atoms with Gasteiger partial charge in [-0.15, -0.1) is 0 Å². The van der Waals surface area contributed by atoms with Crippen LogP contribution in [0.4, 0.5) is 0 Å². The van der Waals surface area contributed by atoms with Gasteiger partial charge in [-0.1, -0.05) is 13.3 Å². The molecule has 1 N–H and O–H groups in total. The standard InChI is InChI=1S/C11H22N2O/c1-4-5-6-10(14)13-8-7-12-11(2,3)9-13/h12H,4-9H2,1-3H3.